The van der Waals surface area contributed by atoms with Crippen LogP contribution in [-0.2, 0) is 11.4 Å². The molecule has 1 aliphatic carbocycles. The van der Waals surface area contributed by atoms with E-state index in [0.29, 0.717) is 42.2 Å². The summed E-state index contributed by atoms with van der Waals surface area (Å²) < 4.78 is 12.5. The molecule has 0 spiro atoms. The van der Waals surface area contributed by atoms with Crippen molar-refractivity contribution >= 4 is 18.4 Å². The Morgan fingerprint density at radius 3 is 2.71 bits per heavy atom. The summed E-state index contributed by atoms with van der Waals surface area (Å²) in [5.41, 5.74) is 1.83. The number of aliphatic carboxylic acids is 1. The molecule has 9 nitrogen and oxygen atoms in total. The second-order valence-electron chi connectivity index (χ2n) is 8.78. The maximum Gasteiger partial charge on any atom is 0.320 e. The molecule has 3 aromatic rings. The number of piperidine rings is 1. The number of nitrogens with one attached hydrogen (secondary N) is 2. The Labute approximate surface area is 203 Å². The first-order chi connectivity index (χ1) is 16.2. The normalized spacial score (nSPS) is 23.9. The summed E-state index contributed by atoms with van der Waals surface area (Å²) in [7, 11) is 0. The SMILES string of the molecule is Cl.O=C(O)[C@@H]1C[C@H]2C[C@@H](Oc3cc(OCc4ccccc4)ccc3-c3nn[nH]n3)CC[C@H]2CN1. The van der Waals surface area contributed by atoms with Gasteiger partial charge in [-0.15, -0.1) is 22.6 Å². The van der Waals surface area contributed by atoms with Gasteiger partial charge in [0.25, 0.3) is 0 Å². The molecular formula is C24H28ClN5O4. The Kier molecular flexibility index (Phi) is 7.64. The molecule has 180 valence electrons. The van der Waals surface area contributed by atoms with Gasteiger partial charge in [0.2, 0.25) is 5.82 Å². The van der Waals surface area contributed by atoms with Crippen LogP contribution in [0.3, 0.4) is 0 Å². The maximum absolute atomic E-state index is 11.4. The molecule has 0 bridgehead atoms. The minimum atomic E-state index is -0.779. The Bertz CT molecular complexity index is 1080. The molecule has 5 rings (SSSR count). The lowest BCUT2D eigenvalue weighted by molar-refractivity contribution is -0.141. The lowest BCUT2D eigenvalue weighted by Crippen LogP contribution is -2.50. The zero-order valence-electron chi connectivity index (χ0n) is 18.6. The van der Waals surface area contributed by atoms with Crippen molar-refractivity contribution in [3.63, 3.8) is 0 Å². The number of carboxylic acids is 1. The van der Waals surface area contributed by atoms with Crippen molar-refractivity contribution in [2.24, 2.45) is 11.8 Å². The van der Waals surface area contributed by atoms with Gasteiger partial charge in [0, 0.05) is 6.07 Å². The van der Waals surface area contributed by atoms with E-state index < -0.39 is 12.0 Å². The van der Waals surface area contributed by atoms with Crippen molar-refractivity contribution < 1.29 is 19.4 Å². The average Bonchev–Trinajstić information content (AvgIpc) is 3.38. The van der Waals surface area contributed by atoms with E-state index in [0.717, 1.165) is 36.9 Å². The quantitative estimate of drug-likeness (QED) is 0.465. The first kappa shape index (κ1) is 24.0. The second-order valence-corrected chi connectivity index (χ2v) is 8.78. The molecule has 0 unspecified atom stereocenters. The number of hydrogen-bond donors (Lipinski definition) is 3. The van der Waals surface area contributed by atoms with Crippen LogP contribution in [0, 0.1) is 11.8 Å². The van der Waals surface area contributed by atoms with Gasteiger partial charge >= 0.3 is 5.97 Å². The van der Waals surface area contributed by atoms with Crippen LogP contribution in [0.5, 0.6) is 11.5 Å². The lowest BCUT2D eigenvalue weighted by Gasteiger charge is -2.41. The van der Waals surface area contributed by atoms with E-state index in [2.05, 4.69) is 25.9 Å². The molecule has 2 fully saturated rings. The van der Waals surface area contributed by atoms with Crippen molar-refractivity contribution in [2.75, 3.05) is 6.54 Å². The number of nitrogens with zero attached hydrogens (tertiary/aromatic N) is 3. The van der Waals surface area contributed by atoms with E-state index in [-0.39, 0.29) is 18.5 Å². The highest BCUT2D eigenvalue weighted by Gasteiger charge is 2.38. The van der Waals surface area contributed by atoms with Crippen LogP contribution in [0.1, 0.15) is 31.2 Å². The molecule has 10 heteroatoms. The highest BCUT2D eigenvalue weighted by atomic mass is 35.5. The van der Waals surface area contributed by atoms with Gasteiger partial charge in [-0.2, -0.15) is 5.21 Å². The van der Waals surface area contributed by atoms with Crippen LogP contribution in [0.15, 0.2) is 48.5 Å². The number of hydrogen-bond acceptors (Lipinski definition) is 7. The number of aromatic amines is 1. The number of halogens is 1. The smallest absolute Gasteiger partial charge is 0.320 e. The molecule has 0 radical (unpaired) electrons. The molecule has 34 heavy (non-hydrogen) atoms. The Balaban J connectivity index is 0.00000274. The summed E-state index contributed by atoms with van der Waals surface area (Å²) in [5.74, 6) is 1.85. The molecular weight excluding hydrogens is 458 g/mol. The number of carbonyl (C=O) groups is 1. The fourth-order valence-corrected chi connectivity index (χ4v) is 4.89. The highest BCUT2D eigenvalue weighted by Crippen LogP contribution is 2.39. The van der Waals surface area contributed by atoms with Crippen LogP contribution in [-0.4, -0.2) is 50.4 Å². The van der Waals surface area contributed by atoms with E-state index in [1.54, 1.807) is 0 Å². The summed E-state index contributed by atoms with van der Waals surface area (Å²) in [6, 6.07) is 15.2. The average molecular weight is 486 g/mol. The van der Waals surface area contributed by atoms with Gasteiger partial charge in [-0.3, -0.25) is 4.79 Å². The molecule has 1 aliphatic heterocycles. The second kappa shape index (κ2) is 10.8. The van der Waals surface area contributed by atoms with E-state index >= 15 is 0 Å². The number of benzene rings is 2. The van der Waals surface area contributed by atoms with Gasteiger partial charge in [0.05, 0.1) is 11.7 Å². The number of ether oxygens (including phenoxy) is 2. The molecule has 4 atom stereocenters. The van der Waals surface area contributed by atoms with Gasteiger partial charge < -0.3 is 19.9 Å². The number of rotatable bonds is 7. The monoisotopic (exact) mass is 485 g/mol. The van der Waals surface area contributed by atoms with Crippen molar-refractivity contribution in [3.05, 3.63) is 54.1 Å². The highest BCUT2D eigenvalue weighted by molar-refractivity contribution is 5.85. The van der Waals surface area contributed by atoms with Gasteiger partial charge in [-0.25, -0.2) is 0 Å². The standard InChI is InChI=1S/C24H27N5O4.ClH/c30-24(31)21-11-17-10-19(7-6-16(17)13-25-21)33-22-12-18(32-14-15-4-2-1-3-5-15)8-9-20(22)23-26-28-29-27-23;/h1-5,8-9,12,16-17,19,21,25H,6-7,10-11,13-14H2,(H,30,31)(H,26,27,28,29);1H/t16-,17+,19-,21-;/m0./s1. The minimum Gasteiger partial charge on any atom is -0.490 e. The van der Waals surface area contributed by atoms with Gasteiger partial charge in [0.1, 0.15) is 24.1 Å². The summed E-state index contributed by atoms with van der Waals surface area (Å²) in [4.78, 5) is 11.4. The topological polar surface area (TPSA) is 122 Å². The van der Waals surface area contributed by atoms with Crippen LogP contribution in [0.25, 0.3) is 11.4 Å². The summed E-state index contributed by atoms with van der Waals surface area (Å²) in [6.45, 7) is 1.21. The number of fused-ring (bicyclic) bond motifs is 1. The van der Waals surface area contributed by atoms with E-state index in [4.69, 9.17) is 9.47 Å². The van der Waals surface area contributed by atoms with Crippen LogP contribution >= 0.6 is 12.4 Å². The van der Waals surface area contributed by atoms with Gasteiger partial charge in [-0.1, -0.05) is 30.3 Å². The maximum atomic E-state index is 11.4. The van der Waals surface area contributed by atoms with Crippen molar-refractivity contribution in [3.8, 4) is 22.9 Å². The van der Waals surface area contributed by atoms with Crippen molar-refractivity contribution in [2.45, 2.75) is 44.4 Å². The Morgan fingerprint density at radius 2 is 1.94 bits per heavy atom. The fourth-order valence-electron chi connectivity index (χ4n) is 4.89. The van der Waals surface area contributed by atoms with Gasteiger partial charge in [-0.05, 0) is 67.0 Å². The van der Waals surface area contributed by atoms with E-state index in [1.807, 2.05) is 48.5 Å². The van der Waals surface area contributed by atoms with Crippen LogP contribution in [0.4, 0.5) is 0 Å². The number of H-pyrrole nitrogens is 1. The molecule has 0 amide bonds. The van der Waals surface area contributed by atoms with Crippen molar-refractivity contribution in [1.82, 2.24) is 25.9 Å². The minimum absolute atomic E-state index is 0. The predicted molar refractivity (Wildman–Crippen MR) is 127 cm³/mol. The first-order valence-corrected chi connectivity index (χ1v) is 11.3. The number of tetrazole rings is 1. The van der Waals surface area contributed by atoms with Crippen LogP contribution in [0.2, 0.25) is 0 Å². The van der Waals surface area contributed by atoms with Gasteiger partial charge in [0.15, 0.2) is 0 Å². The molecule has 1 saturated heterocycles. The third-order valence-corrected chi connectivity index (χ3v) is 6.64. The van der Waals surface area contributed by atoms with Crippen LogP contribution < -0.4 is 14.8 Å². The molecule has 3 N–H and O–H groups in total. The zero-order valence-corrected chi connectivity index (χ0v) is 19.4. The summed E-state index contributed by atoms with van der Waals surface area (Å²) in [5, 5.41) is 27.0. The third-order valence-electron chi connectivity index (χ3n) is 6.64. The molecule has 1 saturated carbocycles. The molecule has 2 heterocycles. The fraction of sp³-hybridized carbons (Fsp3) is 0.417. The van der Waals surface area contributed by atoms with E-state index in [9.17, 15) is 9.90 Å². The summed E-state index contributed by atoms with van der Waals surface area (Å²) in [6.07, 6.45) is 3.39. The number of carboxylic acid groups (broad SMARTS) is 1. The Morgan fingerprint density at radius 1 is 1.09 bits per heavy atom. The summed E-state index contributed by atoms with van der Waals surface area (Å²) >= 11 is 0. The van der Waals surface area contributed by atoms with Crippen molar-refractivity contribution in [1.29, 1.82) is 0 Å². The first-order valence-electron chi connectivity index (χ1n) is 11.3. The zero-order chi connectivity index (χ0) is 22.6. The number of aromatic nitrogens is 4. The molecule has 2 aromatic carbocycles. The molecule has 2 aliphatic rings. The predicted octanol–water partition coefficient (Wildman–Crippen LogP) is 3.48. The lowest BCUT2D eigenvalue weighted by atomic mass is 9.72. The Hall–Kier alpha value is -3.17. The van der Waals surface area contributed by atoms with E-state index in [1.165, 1.54) is 0 Å². The molecule has 1 aromatic heterocycles. The largest absolute Gasteiger partial charge is 0.490 e. The third kappa shape index (κ3) is 5.48.